The second kappa shape index (κ2) is 11.8. The van der Waals surface area contributed by atoms with Crippen LogP contribution in [0.2, 0.25) is 0 Å². The molecule has 0 aliphatic heterocycles. The Kier molecular flexibility index (Phi) is 9.46. The van der Waals surface area contributed by atoms with Gasteiger partial charge in [0.15, 0.2) is 5.96 Å². The molecule has 156 valence electrons. The van der Waals surface area contributed by atoms with Crippen LogP contribution in [0.4, 0.5) is 0 Å². The van der Waals surface area contributed by atoms with E-state index in [1.165, 1.54) is 5.56 Å². The van der Waals surface area contributed by atoms with Gasteiger partial charge in [0.2, 0.25) is 0 Å². The van der Waals surface area contributed by atoms with Crippen molar-refractivity contribution in [3.05, 3.63) is 64.6 Å². The molecule has 0 aliphatic carbocycles. The second-order valence-corrected chi connectivity index (χ2v) is 7.26. The van der Waals surface area contributed by atoms with Gasteiger partial charge in [-0.15, -0.1) is 24.0 Å². The molecular weight excluding hydrogens is 497 g/mol. The summed E-state index contributed by atoms with van der Waals surface area (Å²) >= 11 is 1.73. The topological polar surface area (TPSA) is 63.5 Å². The molecule has 3 aromatic rings. The lowest BCUT2D eigenvalue weighted by atomic mass is 10.1. The average molecular weight is 525 g/mol. The molecule has 0 saturated heterocycles. The van der Waals surface area contributed by atoms with Crippen LogP contribution in [0.3, 0.4) is 0 Å². The molecule has 2 heterocycles. The Morgan fingerprint density at radius 1 is 1.21 bits per heavy atom. The highest BCUT2D eigenvalue weighted by atomic mass is 127. The molecule has 0 aliphatic rings. The zero-order valence-corrected chi connectivity index (χ0v) is 20.1. The molecule has 2 aromatic heterocycles. The lowest BCUT2D eigenvalue weighted by molar-refractivity contribution is 0.414. The van der Waals surface area contributed by atoms with E-state index in [1.54, 1.807) is 18.4 Å². The molecule has 0 radical (unpaired) electrons. The number of aromatic nitrogens is 2. The molecule has 0 amide bonds. The summed E-state index contributed by atoms with van der Waals surface area (Å²) < 4.78 is 7.05. The van der Waals surface area contributed by atoms with Crippen molar-refractivity contribution in [2.45, 2.75) is 26.3 Å². The minimum Gasteiger partial charge on any atom is -0.497 e. The van der Waals surface area contributed by atoms with Crippen LogP contribution in [0.25, 0.3) is 5.69 Å². The average Bonchev–Trinajstić information content (AvgIpc) is 3.42. The summed E-state index contributed by atoms with van der Waals surface area (Å²) in [6, 6.07) is 12.0. The van der Waals surface area contributed by atoms with Crippen LogP contribution in [0, 0.1) is 0 Å². The van der Waals surface area contributed by atoms with Crippen molar-refractivity contribution in [3.63, 3.8) is 0 Å². The van der Waals surface area contributed by atoms with E-state index in [9.17, 15) is 0 Å². The fraction of sp³-hybridized carbons (Fsp3) is 0.333. The first-order chi connectivity index (χ1) is 13.7. The van der Waals surface area contributed by atoms with Crippen molar-refractivity contribution in [2.75, 3.05) is 20.2 Å². The van der Waals surface area contributed by atoms with Crippen molar-refractivity contribution in [1.82, 2.24) is 20.4 Å². The lowest BCUT2D eigenvalue weighted by Crippen LogP contribution is -2.39. The Hall–Kier alpha value is -2.07. The van der Waals surface area contributed by atoms with Crippen LogP contribution in [-0.4, -0.2) is 35.9 Å². The van der Waals surface area contributed by atoms with Gasteiger partial charge >= 0.3 is 0 Å². The highest BCUT2D eigenvalue weighted by Gasteiger charge is 2.07. The van der Waals surface area contributed by atoms with E-state index in [0.717, 1.165) is 36.2 Å². The molecular formula is C21H28IN5OS. The monoisotopic (exact) mass is 525 g/mol. The normalized spacial score (nSPS) is 12.2. The molecule has 1 aromatic carbocycles. The largest absolute Gasteiger partial charge is 0.497 e. The first-order valence-electron chi connectivity index (χ1n) is 9.43. The lowest BCUT2D eigenvalue weighted by Gasteiger charge is -2.15. The highest BCUT2D eigenvalue weighted by molar-refractivity contribution is 14.0. The van der Waals surface area contributed by atoms with E-state index in [-0.39, 0.29) is 24.0 Å². The van der Waals surface area contributed by atoms with E-state index in [0.29, 0.717) is 12.5 Å². The van der Waals surface area contributed by atoms with Gasteiger partial charge < -0.3 is 15.4 Å². The third-order valence-corrected chi connectivity index (χ3v) is 5.11. The maximum absolute atomic E-state index is 5.20. The van der Waals surface area contributed by atoms with Gasteiger partial charge in [-0.1, -0.05) is 6.92 Å². The van der Waals surface area contributed by atoms with Crippen LogP contribution in [0.15, 0.2) is 58.3 Å². The van der Waals surface area contributed by atoms with Crippen LogP contribution in [0.1, 0.15) is 31.0 Å². The molecule has 8 heteroatoms. The predicted molar refractivity (Wildman–Crippen MR) is 131 cm³/mol. The quantitative estimate of drug-likeness (QED) is 0.260. The number of guanidine groups is 1. The van der Waals surface area contributed by atoms with Crippen molar-refractivity contribution in [2.24, 2.45) is 4.99 Å². The van der Waals surface area contributed by atoms with E-state index >= 15 is 0 Å². The number of nitrogens with one attached hydrogen (secondary N) is 2. The number of benzene rings is 1. The first kappa shape index (κ1) is 23.2. The Morgan fingerprint density at radius 2 is 2.00 bits per heavy atom. The summed E-state index contributed by atoms with van der Waals surface area (Å²) in [5.74, 6) is 2.08. The van der Waals surface area contributed by atoms with Gasteiger partial charge in [0, 0.05) is 19.3 Å². The maximum Gasteiger partial charge on any atom is 0.191 e. The number of halogens is 1. The number of ether oxygens (including phenoxy) is 1. The molecule has 1 atom stereocenters. The standard InChI is InChI=1S/C21H27N5OS.HI/c1-4-22-21(23-13-16(2)17-10-12-28-15-17)24-14-18-9-11-26(25-18)19-5-7-20(27-3)8-6-19;/h5-12,15-16H,4,13-14H2,1-3H3,(H2,22,23,24);1H. The zero-order chi connectivity index (χ0) is 19.8. The molecule has 3 rings (SSSR count). The van der Waals surface area contributed by atoms with Gasteiger partial charge in [-0.25, -0.2) is 9.67 Å². The van der Waals surface area contributed by atoms with Crippen molar-refractivity contribution in [3.8, 4) is 11.4 Å². The fourth-order valence-corrected chi connectivity index (χ4v) is 3.53. The second-order valence-electron chi connectivity index (χ2n) is 6.48. The molecule has 0 spiro atoms. The molecule has 0 saturated carbocycles. The summed E-state index contributed by atoms with van der Waals surface area (Å²) in [4.78, 5) is 4.67. The SMILES string of the molecule is CCNC(=NCc1ccn(-c2ccc(OC)cc2)n1)NCC(C)c1ccsc1.I. The molecule has 0 fully saturated rings. The van der Waals surface area contributed by atoms with Gasteiger partial charge in [0.05, 0.1) is 25.0 Å². The van der Waals surface area contributed by atoms with Gasteiger partial charge in [-0.3, -0.25) is 0 Å². The van der Waals surface area contributed by atoms with Crippen LogP contribution >= 0.6 is 35.3 Å². The summed E-state index contributed by atoms with van der Waals surface area (Å²) in [5.41, 5.74) is 3.26. The van der Waals surface area contributed by atoms with Gasteiger partial charge in [0.25, 0.3) is 0 Å². The fourth-order valence-electron chi connectivity index (χ4n) is 2.75. The smallest absolute Gasteiger partial charge is 0.191 e. The predicted octanol–water partition coefficient (Wildman–Crippen LogP) is 4.42. The van der Waals surface area contributed by atoms with Crippen LogP contribution in [0.5, 0.6) is 5.75 Å². The van der Waals surface area contributed by atoms with E-state index < -0.39 is 0 Å². The first-order valence-corrected chi connectivity index (χ1v) is 10.4. The Labute approximate surface area is 193 Å². The van der Waals surface area contributed by atoms with E-state index in [1.807, 2.05) is 41.2 Å². The van der Waals surface area contributed by atoms with Gasteiger partial charge in [-0.05, 0) is 65.6 Å². The van der Waals surface area contributed by atoms with Crippen LogP contribution in [-0.2, 0) is 6.54 Å². The van der Waals surface area contributed by atoms with Gasteiger partial charge in [0.1, 0.15) is 5.75 Å². The maximum atomic E-state index is 5.20. The van der Waals surface area contributed by atoms with E-state index in [2.05, 4.69) is 51.4 Å². The third-order valence-electron chi connectivity index (χ3n) is 4.41. The Balaban J connectivity index is 0.00000300. The zero-order valence-electron chi connectivity index (χ0n) is 17.0. The van der Waals surface area contributed by atoms with Crippen molar-refractivity contribution < 1.29 is 4.74 Å². The number of nitrogens with zero attached hydrogens (tertiary/aromatic N) is 3. The Bertz CT molecular complexity index is 877. The molecule has 2 N–H and O–H groups in total. The number of hydrogen-bond donors (Lipinski definition) is 2. The summed E-state index contributed by atoms with van der Waals surface area (Å²) in [5, 5.41) is 15.7. The number of thiophene rings is 1. The minimum atomic E-state index is 0. The summed E-state index contributed by atoms with van der Waals surface area (Å²) in [6.45, 7) is 6.46. The molecule has 0 bridgehead atoms. The van der Waals surface area contributed by atoms with Crippen molar-refractivity contribution in [1.29, 1.82) is 0 Å². The third kappa shape index (κ3) is 6.74. The summed E-state index contributed by atoms with van der Waals surface area (Å²) in [6.07, 6.45) is 1.95. The number of rotatable bonds is 8. The van der Waals surface area contributed by atoms with Gasteiger partial charge in [-0.2, -0.15) is 16.4 Å². The number of hydrogen-bond acceptors (Lipinski definition) is 4. The number of methoxy groups -OCH3 is 1. The molecule has 29 heavy (non-hydrogen) atoms. The molecule has 1 unspecified atom stereocenters. The minimum absolute atomic E-state index is 0. The highest BCUT2D eigenvalue weighted by Crippen LogP contribution is 2.17. The van der Waals surface area contributed by atoms with Crippen LogP contribution < -0.4 is 15.4 Å². The summed E-state index contributed by atoms with van der Waals surface area (Å²) in [7, 11) is 1.66. The van der Waals surface area contributed by atoms with Crippen molar-refractivity contribution >= 4 is 41.3 Å². The van der Waals surface area contributed by atoms with E-state index in [4.69, 9.17) is 4.74 Å². The number of aliphatic imine (C=N–C) groups is 1. The molecule has 6 nitrogen and oxygen atoms in total. The Morgan fingerprint density at radius 3 is 2.66 bits per heavy atom.